The number of hydrogen-bond acceptors (Lipinski definition) is 2. The van der Waals surface area contributed by atoms with Crippen LogP contribution in [0, 0.1) is 0 Å². The molecular weight excluding hydrogens is 184 g/mol. The molecule has 0 saturated carbocycles. The predicted octanol–water partition coefficient (Wildman–Crippen LogP) is 3.80. The van der Waals surface area contributed by atoms with Crippen LogP contribution >= 0.6 is 23.5 Å². The maximum Gasteiger partial charge on any atom is 0.00318 e. The van der Waals surface area contributed by atoms with Crippen molar-refractivity contribution in [3.05, 3.63) is 0 Å². The lowest BCUT2D eigenvalue weighted by molar-refractivity contribution is 0.740. The second kappa shape index (κ2) is 4.80. The van der Waals surface area contributed by atoms with Crippen LogP contribution in [0.5, 0.6) is 0 Å². The Labute approximate surface area is 85.3 Å². The highest BCUT2D eigenvalue weighted by Crippen LogP contribution is 2.35. The molecule has 0 aliphatic carbocycles. The minimum atomic E-state index is 0.856. The van der Waals surface area contributed by atoms with Gasteiger partial charge in [-0.15, -0.1) is 0 Å². The Morgan fingerprint density at radius 1 is 0.667 bits per heavy atom. The standard InChI is InChI=1S/C10H20S2/c1-7-5-8(2)12-10(4)6-9(3)11-7/h7-10H,5-6H2,1-4H3. The van der Waals surface area contributed by atoms with Gasteiger partial charge in [-0.3, -0.25) is 0 Å². The summed E-state index contributed by atoms with van der Waals surface area (Å²) >= 11 is 4.34. The Morgan fingerprint density at radius 2 is 0.917 bits per heavy atom. The van der Waals surface area contributed by atoms with Gasteiger partial charge in [-0.05, 0) is 12.8 Å². The van der Waals surface area contributed by atoms with Crippen molar-refractivity contribution >= 4 is 23.5 Å². The highest BCUT2D eigenvalue weighted by atomic mass is 32.2. The van der Waals surface area contributed by atoms with Crippen molar-refractivity contribution < 1.29 is 0 Å². The molecule has 4 unspecified atom stereocenters. The zero-order valence-corrected chi connectivity index (χ0v) is 10.2. The predicted molar refractivity (Wildman–Crippen MR) is 62.3 cm³/mol. The lowest BCUT2D eigenvalue weighted by atomic mass is 10.2. The molecule has 0 amide bonds. The zero-order chi connectivity index (χ0) is 9.14. The summed E-state index contributed by atoms with van der Waals surface area (Å²) in [6.45, 7) is 9.48. The van der Waals surface area contributed by atoms with Crippen molar-refractivity contribution in [1.82, 2.24) is 0 Å². The highest BCUT2D eigenvalue weighted by Gasteiger charge is 2.20. The SMILES string of the molecule is CC1CC(C)SC(C)CC(C)S1. The Kier molecular flexibility index (Phi) is 4.31. The molecule has 0 nitrogen and oxygen atoms in total. The van der Waals surface area contributed by atoms with E-state index in [4.69, 9.17) is 0 Å². The van der Waals surface area contributed by atoms with Crippen molar-refractivity contribution in [2.24, 2.45) is 0 Å². The summed E-state index contributed by atoms with van der Waals surface area (Å²) in [5.41, 5.74) is 0. The van der Waals surface area contributed by atoms with Gasteiger partial charge >= 0.3 is 0 Å². The minimum absolute atomic E-state index is 0.856. The van der Waals surface area contributed by atoms with Crippen LogP contribution < -0.4 is 0 Å². The third-order valence-corrected chi connectivity index (χ3v) is 4.89. The molecular formula is C10H20S2. The molecule has 1 aliphatic rings. The van der Waals surface area contributed by atoms with Crippen molar-refractivity contribution in [1.29, 1.82) is 0 Å². The van der Waals surface area contributed by atoms with Gasteiger partial charge in [-0.25, -0.2) is 0 Å². The van der Waals surface area contributed by atoms with E-state index >= 15 is 0 Å². The van der Waals surface area contributed by atoms with E-state index in [1.54, 1.807) is 0 Å². The van der Waals surface area contributed by atoms with E-state index in [1.165, 1.54) is 12.8 Å². The van der Waals surface area contributed by atoms with Crippen molar-refractivity contribution in [2.45, 2.75) is 61.5 Å². The maximum atomic E-state index is 2.37. The quantitative estimate of drug-likeness (QED) is 0.588. The highest BCUT2D eigenvalue weighted by molar-refractivity contribution is 8.02. The van der Waals surface area contributed by atoms with Crippen molar-refractivity contribution in [3.8, 4) is 0 Å². The van der Waals surface area contributed by atoms with E-state index in [-0.39, 0.29) is 0 Å². The fourth-order valence-corrected chi connectivity index (χ4v) is 5.38. The maximum absolute atomic E-state index is 2.37. The molecule has 72 valence electrons. The third-order valence-electron chi connectivity index (χ3n) is 2.26. The van der Waals surface area contributed by atoms with Crippen LogP contribution in [0.25, 0.3) is 0 Å². The fourth-order valence-electron chi connectivity index (χ4n) is 1.95. The summed E-state index contributed by atoms with van der Waals surface area (Å²) in [5.74, 6) is 0. The van der Waals surface area contributed by atoms with Gasteiger partial charge in [0.25, 0.3) is 0 Å². The Morgan fingerprint density at radius 3 is 1.17 bits per heavy atom. The number of thioether (sulfide) groups is 2. The van der Waals surface area contributed by atoms with Crippen LogP contribution in [0.3, 0.4) is 0 Å². The second-order valence-electron chi connectivity index (χ2n) is 3.99. The lowest BCUT2D eigenvalue weighted by Crippen LogP contribution is -2.19. The molecule has 1 aliphatic heterocycles. The van der Waals surface area contributed by atoms with Crippen molar-refractivity contribution in [3.63, 3.8) is 0 Å². The van der Waals surface area contributed by atoms with E-state index in [0.717, 1.165) is 21.0 Å². The summed E-state index contributed by atoms with van der Waals surface area (Å²) in [6, 6.07) is 0. The Bertz CT molecular complexity index is 95.8. The first kappa shape index (κ1) is 10.8. The van der Waals surface area contributed by atoms with E-state index in [0.29, 0.717) is 0 Å². The van der Waals surface area contributed by atoms with Gasteiger partial charge in [-0.1, -0.05) is 27.7 Å². The van der Waals surface area contributed by atoms with E-state index in [2.05, 4.69) is 51.2 Å². The summed E-state index contributed by atoms with van der Waals surface area (Å²) in [5, 5.41) is 3.43. The molecule has 0 aromatic rings. The third kappa shape index (κ3) is 3.61. The molecule has 0 bridgehead atoms. The summed E-state index contributed by atoms with van der Waals surface area (Å²) in [7, 11) is 0. The topological polar surface area (TPSA) is 0 Å². The first-order valence-corrected chi connectivity index (χ1v) is 6.77. The molecule has 0 N–H and O–H groups in total. The average molecular weight is 204 g/mol. The summed E-state index contributed by atoms with van der Waals surface area (Å²) in [6.07, 6.45) is 2.76. The van der Waals surface area contributed by atoms with E-state index in [9.17, 15) is 0 Å². The smallest absolute Gasteiger partial charge is 0.00318 e. The van der Waals surface area contributed by atoms with E-state index < -0.39 is 0 Å². The second-order valence-corrected chi connectivity index (χ2v) is 7.75. The molecule has 0 spiro atoms. The average Bonchev–Trinajstić information content (AvgIpc) is 1.81. The summed E-state index contributed by atoms with van der Waals surface area (Å²) in [4.78, 5) is 0. The molecule has 1 rings (SSSR count). The van der Waals surface area contributed by atoms with Gasteiger partial charge in [0.2, 0.25) is 0 Å². The molecule has 12 heavy (non-hydrogen) atoms. The van der Waals surface area contributed by atoms with Gasteiger partial charge < -0.3 is 0 Å². The Balaban J connectivity index is 2.45. The van der Waals surface area contributed by atoms with Crippen LogP contribution in [0.15, 0.2) is 0 Å². The normalized spacial score (nSPS) is 45.0. The molecule has 4 atom stereocenters. The van der Waals surface area contributed by atoms with Gasteiger partial charge in [0.1, 0.15) is 0 Å². The summed E-state index contributed by atoms with van der Waals surface area (Å²) < 4.78 is 0. The first-order chi connectivity index (χ1) is 5.58. The lowest BCUT2D eigenvalue weighted by Gasteiger charge is -2.28. The molecule has 0 aromatic carbocycles. The van der Waals surface area contributed by atoms with Crippen LogP contribution in [-0.2, 0) is 0 Å². The molecule has 1 heterocycles. The zero-order valence-electron chi connectivity index (χ0n) is 8.54. The monoisotopic (exact) mass is 204 g/mol. The van der Waals surface area contributed by atoms with Crippen LogP contribution in [0.2, 0.25) is 0 Å². The van der Waals surface area contributed by atoms with Crippen LogP contribution in [0.1, 0.15) is 40.5 Å². The number of rotatable bonds is 0. The molecule has 0 aromatic heterocycles. The molecule has 0 radical (unpaired) electrons. The van der Waals surface area contributed by atoms with Gasteiger partial charge in [0.15, 0.2) is 0 Å². The van der Waals surface area contributed by atoms with Crippen LogP contribution in [0.4, 0.5) is 0 Å². The van der Waals surface area contributed by atoms with Crippen LogP contribution in [-0.4, -0.2) is 21.0 Å². The molecule has 1 fully saturated rings. The van der Waals surface area contributed by atoms with Gasteiger partial charge in [0.05, 0.1) is 0 Å². The van der Waals surface area contributed by atoms with E-state index in [1.807, 2.05) is 0 Å². The molecule has 1 saturated heterocycles. The number of hydrogen-bond donors (Lipinski definition) is 0. The first-order valence-electron chi connectivity index (χ1n) is 4.89. The fraction of sp³-hybridized carbons (Fsp3) is 1.00. The van der Waals surface area contributed by atoms with Gasteiger partial charge in [-0.2, -0.15) is 23.5 Å². The largest absolute Gasteiger partial charge is 0.156 e. The minimum Gasteiger partial charge on any atom is -0.156 e. The molecule has 2 heteroatoms. The van der Waals surface area contributed by atoms with Crippen molar-refractivity contribution in [2.75, 3.05) is 0 Å². The Hall–Kier alpha value is 0.700. The van der Waals surface area contributed by atoms with Gasteiger partial charge in [0, 0.05) is 21.0 Å².